The van der Waals surface area contributed by atoms with Gasteiger partial charge in [0.05, 0.1) is 0 Å². The van der Waals surface area contributed by atoms with E-state index in [1.807, 2.05) is 12.4 Å². The van der Waals surface area contributed by atoms with Crippen molar-refractivity contribution in [2.45, 2.75) is 38.3 Å². The molecule has 0 bridgehead atoms. The molecule has 1 aromatic rings. The highest BCUT2D eigenvalue weighted by Crippen LogP contribution is 2.21. The van der Waals surface area contributed by atoms with Crippen LogP contribution in [0.15, 0.2) is 12.4 Å². The van der Waals surface area contributed by atoms with Gasteiger partial charge in [0.1, 0.15) is 0 Å². The van der Waals surface area contributed by atoms with Gasteiger partial charge in [0.15, 0.2) is 0 Å². The first-order chi connectivity index (χ1) is 9.85. The topological polar surface area (TPSA) is 50.3 Å². The van der Waals surface area contributed by atoms with Gasteiger partial charge in [-0.25, -0.2) is 9.97 Å². The van der Waals surface area contributed by atoms with E-state index in [0.717, 1.165) is 38.2 Å². The molecule has 1 aliphatic heterocycles. The second-order valence-electron chi connectivity index (χ2n) is 5.93. The molecule has 0 amide bonds. The van der Waals surface area contributed by atoms with E-state index in [0.29, 0.717) is 5.92 Å². The van der Waals surface area contributed by atoms with Crippen molar-refractivity contribution in [2.75, 3.05) is 31.7 Å². The van der Waals surface area contributed by atoms with E-state index in [1.165, 1.54) is 31.2 Å². The first-order valence-corrected chi connectivity index (χ1v) is 7.63. The van der Waals surface area contributed by atoms with Gasteiger partial charge in [-0.05, 0) is 31.6 Å². The van der Waals surface area contributed by atoms with E-state index in [9.17, 15) is 0 Å². The lowest BCUT2D eigenvalue weighted by Crippen LogP contribution is -2.36. The van der Waals surface area contributed by atoms with Gasteiger partial charge in [-0.2, -0.15) is 0 Å². The van der Waals surface area contributed by atoms with Crippen molar-refractivity contribution in [1.29, 1.82) is 0 Å². The van der Waals surface area contributed by atoms with Gasteiger partial charge in [0, 0.05) is 57.3 Å². The molecule has 2 heterocycles. The fourth-order valence-electron chi connectivity index (χ4n) is 2.69. The molecule has 0 spiro atoms. The Morgan fingerprint density at radius 2 is 1.90 bits per heavy atom. The molecule has 1 aromatic heterocycles. The Morgan fingerprint density at radius 3 is 2.50 bits per heavy atom. The Morgan fingerprint density at radius 1 is 1.20 bits per heavy atom. The molecule has 2 fully saturated rings. The standard InChI is InChI=1S/C15H24N4O/c1-20-11-12-4-6-19(7-5-12)15-17-9-13(10-18-15)8-16-14-2-3-14/h9-10,12,14,16H,2-8,11H2,1H3. The number of aromatic nitrogens is 2. The number of anilines is 1. The van der Waals surface area contributed by atoms with E-state index in [4.69, 9.17) is 4.74 Å². The third-order valence-electron chi connectivity index (χ3n) is 4.16. The number of piperidine rings is 1. The molecular formula is C15H24N4O. The van der Waals surface area contributed by atoms with Crippen LogP contribution in [0.3, 0.4) is 0 Å². The third-order valence-corrected chi connectivity index (χ3v) is 4.16. The second-order valence-corrected chi connectivity index (χ2v) is 5.93. The Balaban J connectivity index is 1.49. The summed E-state index contributed by atoms with van der Waals surface area (Å²) in [6.45, 7) is 3.84. The van der Waals surface area contributed by atoms with Gasteiger partial charge in [0.2, 0.25) is 5.95 Å². The fourth-order valence-corrected chi connectivity index (χ4v) is 2.69. The quantitative estimate of drug-likeness (QED) is 0.855. The van der Waals surface area contributed by atoms with E-state index in [2.05, 4.69) is 20.2 Å². The summed E-state index contributed by atoms with van der Waals surface area (Å²) < 4.78 is 5.23. The number of hydrogen-bond acceptors (Lipinski definition) is 5. The summed E-state index contributed by atoms with van der Waals surface area (Å²) >= 11 is 0. The monoisotopic (exact) mass is 276 g/mol. The van der Waals surface area contributed by atoms with Crippen molar-refractivity contribution in [3.05, 3.63) is 18.0 Å². The third kappa shape index (κ3) is 3.67. The molecular weight excluding hydrogens is 252 g/mol. The molecule has 0 aromatic carbocycles. The highest BCUT2D eigenvalue weighted by Gasteiger charge is 2.21. The lowest BCUT2D eigenvalue weighted by molar-refractivity contribution is 0.139. The maximum atomic E-state index is 5.23. The summed E-state index contributed by atoms with van der Waals surface area (Å²) in [5.74, 6) is 1.56. The van der Waals surface area contributed by atoms with E-state index < -0.39 is 0 Å². The molecule has 1 aliphatic carbocycles. The van der Waals surface area contributed by atoms with Crippen LogP contribution < -0.4 is 10.2 Å². The SMILES string of the molecule is COCC1CCN(c2ncc(CNC3CC3)cn2)CC1. The van der Waals surface area contributed by atoms with Crippen LogP contribution in [-0.4, -0.2) is 42.8 Å². The lowest BCUT2D eigenvalue weighted by atomic mass is 9.98. The van der Waals surface area contributed by atoms with E-state index in [-0.39, 0.29) is 0 Å². The number of rotatable bonds is 6. The second kappa shape index (κ2) is 6.50. The number of ether oxygens (including phenoxy) is 1. The van der Waals surface area contributed by atoms with Gasteiger partial charge < -0.3 is 15.0 Å². The van der Waals surface area contributed by atoms with Crippen LogP contribution in [0.2, 0.25) is 0 Å². The Labute approximate surface area is 120 Å². The van der Waals surface area contributed by atoms with Gasteiger partial charge in [-0.3, -0.25) is 0 Å². The van der Waals surface area contributed by atoms with Crippen molar-refractivity contribution in [3.63, 3.8) is 0 Å². The summed E-state index contributed by atoms with van der Waals surface area (Å²) in [6.07, 6.45) is 8.88. The average Bonchev–Trinajstić information content (AvgIpc) is 3.31. The predicted octanol–water partition coefficient (Wildman–Crippen LogP) is 1.59. The minimum Gasteiger partial charge on any atom is -0.384 e. The maximum Gasteiger partial charge on any atom is 0.225 e. The summed E-state index contributed by atoms with van der Waals surface area (Å²) in [5, 5.41) is 3.48. The highest BCUT2D eigenvalue weighted by atomic mass is 16.5. The number of hydrogen-bond donors (Lipinski definition) is 1. The fraction of sp³-hybridized carbons (Fsp3) is 0.733. The zero-order chi connectivity index (χ0) is 13.8. The molecule has 5 heteroatoms. The highest BCUT2D eigenvalue weighted by molar-refractivity contribution is 5.30. The predicted molar refractivity (Wildman–Crippen MR) is 78.7 cm³/mol. The summed E-state index contributed by atoms with van der Waals surface area (Å²) in [6, 6.07) is 0.731. The van der Waals surface area contributed by atoms with Crippen LogP contribution in [0.5, 0.6) is 0 Å². The molecule has 0 radical (unpaired) electrons. The largest absolute Gasteiger partial charge is 0.384 e. The number of nitrogens with zero attached hydrogens (tertiary/aromatic N) is 3. The molecule has 5 nitrogen and oxygen atoms in total. The zero-order valence-corrected chi connectivity index (χ0v) is 12.2. The number of nitrogens with one attached hydrogen (secondary N) is 1. The van der Waals surface area contributed by atoms with Crippen molar-refractivity contribution in [3.8, 4) is 0 Å². The molecule has 0 atom stereocenters. The van der Waals surface area contributed by atoms with Crippen molar-refractivity contribution < 1.29 is 4.74 Å². The zero-order valence-electron chi connectivity index (χ0n) is 12.2. The van der Waals surface area contributed by atoms with Gasteiger partial charge >= 0.3 is 0 Å². The summed E-state index contributed by atoms with van der Waals surface area (Å²) in [4.78, 5) is 11.3. The summed E-state index contributed by atoms with van der Waals surface area (Å²) in [5.41, 5.74) is 1.18. The van der Waals surface area contributed by atoms with Crippen LogP contribution in [0.4, 0.5) is 5.95 Å². The van der Waals surface area contributed by atoms with E-state index in [1.54, 1.807) is 7.11 Å². The van der Waals surface area contributed by atoms with Crippen molar-refractivity contribution >= 4 is 5.95 Å². The normalized spacial score (nSPS) is 20.4. The molecule has 110 valence electrons. The van der Waals surface area contributed by atoms with Crippen LogP contribution >= 0.6 is 0 Å². The van der Waals surface area contributed by atoms with Crippen LogP contribution in [0, 0.1) is 5.92 Å². The maximum absolute atomic E-state index is 5.23. The van der Waals surface area contributed by atoms with Crippen molar-refractivity contribution in [1.82, 2.24) is 15.3 Å². The Kier molecular flexibility index (Phi) is 4.47. The minimum absolute atomic E-state index is 0.693. The van der Waals surface area contributed by atoms with Crippen LogP contribution in [-0.2, 0) is 11.3 Å². The molecule has 2 aliphatic rings. The number of methoxy groups -OCH3 is 1. The van der Waals surface area contributed by atoms with Crippen LogP contribution in [0.25, 0.3) is 0 Å². The minimum atomic E-state index is 0.693. The first kappa shape index (κ1) is 13.8. The summed E-state index contributed by atoms with van der Waals surface area (Å²) in [7, 11) is 1.78. The molecule has 0 unspecified atom stereocenters. The Bertz CT molecular complexity index is 410. The molecule has 1 N–H and O–H groups in total. The lowest BCUT2D eigenvalue weighted by Gasteiger charge is -2.31. The average molecular weight is 276 g/mol. The first-order valence-electron chi connectivity index (χ1n) is 7.63. The molecule has 20 heavy (non-hydrogen) atoms. The smallest absolute Gasteiger partial charge is 0.225 e. The van der Waals surface area contributed by atoms with E-state index >= 15 is 0 Å². The van der Waals surface area contributed by atoms with Crippen LogP contribution in [0.1, 0.15) is 31.2 Å². The van der Waals surface area contributed by atoms with Gasteiger partial charge in [-0.1, -0.05) is 0 Å². The Hall–Kier alpha value is -1.20. The van der Waals surface area contributed by atoms with Crippen molar-refractivity contribution in [2.24, 2.45) is 5.92 Å². The van der Waals surface area contributed by atoms with Gasteiger partial charge in [0.25, 0.3) is 0 Å². The molecule has 1 saturated heterocycles. The molecule has 1 saturated carbocycles. The molecule has 3 rings (SSSR count). The van der Waals surface area contributed by atoms with Gasteiger partial charge in [-0.15, -0.1) is 0 Å².